The highest BCUT2D eigenvalue weighted by atomic mass is 16.5. The molecule has 16 heavy (non-hydrogen) atoms. The molecule has 1 heterocycles. The summed E-state index contributed by atoms with van der Waals surface area (Å²) in [6.07, 6.45) is 5.62. The molecule has 3 nitrogen and oxygen atoms in total. The number of nitrogens with one attached hydrogen (secondary N) is 1. The average molecular weight is 226 g/mol. The Morgan fingerprint density at radius 1 is 1.31 bits per heavy atom. The highest BCUT2D eigenvalue weighted by Crippen LogP contribution is 2.28. The topological polar surface area (TPSA) is 24.5 Å². The molecule has 1 aliphatic carbocycles. The first-order valence-electron chi connectivity index (χ1n) is 6.79. The highest BCUT2D eigenvalue weighted by Gasteiger charge is 2.35. The van der Waals surface area contributed by atoms with Gasteiger partial charge in [0.1, 0.15) is 0 Å². The van der Waals surface area contributed by atoms with Gasteiger partial charge in [0.25, 0.3) is 0 Å². The van der Waals surface area contributed by atoms with Gasteiger partial charge in [0.15, 0.2) is 0 Å². The molecular weight excluding hydrogens is 200 g/mol. The van der Waals surface area contributed by atoms with Gasteiger partial charge < -0.3 is 10.1 Å². The smallest absolute Gasteiger partial charge is 0.0703 e. The van der Waals surface area contributed by atoms with Crippen LogP contribution in [0, 0.1) is 0 Å². The molecule has 4 atom stereocenters. The molecule has 1 saturated heterocycles. The lowest BCUT2D eigenvalue weighted by Crippen LogP contribution is -2.43. The van der Waals surface area contributed by atoms with Crippen LogP contribution in [0.1, 0.15) is 39.5 Å². The molecule has 4 unspecified atom stereocenters. The molecule has 0 spiro atoms. The summed E-state index contributed by atoms with van der Waals surface area (Å²) in [6.45, 7) is 6.46. The van der Waals surface area contributed by atoms with Crippen molar-refractivity contribution in [3.63, 3.8) is 0 Å². The van der Waals surface area contributed by atoms with Crippen molar-refractivity contribution in [2.45, 2.75) is 63.8 Å². The third kappa shape index (κ3) is 2.58. The van der Waals surface area contributed by atoms with Crippen LogP contribution in [0.25, 0.3) is 0 Å². The van der Waals surface area contributed by atoms with Gasteiger partial charge in [-0.15, -0.1) is 0 Å². The fraction of sp³-hybridized carbons (Fsp3) is 1.00. The Bertz CT molecular complexity index is 222. The van der Waals surface area contributed by atoms with E-state index >= 15 is 0 Å². The van der Waals surface area contributed by atoms with E-state index in [9.17, 15) is 0 Å². The van der Waals surface area contributed by atoms with E-state index in [2.05, 4.69) is 31.1 Å². The molecule has 2 aliphatic rings. The minimum atomic E-state index is 0.420. The number of ether oxygens (including phenoxy) is 1. The van der Waals surface area contributed by atoms with Gasteiger partial charge in [-0.2, -0.15) is 0 Å². The molecule has 0 bridgehead atoms. The van der Waals surface area contributed by atoms with Crippen molar-refractivity contribution in [3.8, 4) is 0 Å². The third-order valence-electron chi connectivity index (χ3n) is 4.33. The first-order chi connectivity index (χ1) is 7.72. The van der Waals surface area contributed by atoms with E-state index in [1.54, 1.807) is 0 Å². The second kappa shape index (κ2) is 5.48. The summed E-state index contributed by atoms with van der Waals surface area (Å²) < 4.78 is 5.66. The predicted octanol–water partition coefficient (Wildman–Crippen LogP) is 1.63. The van der Waals surface area contributed by atoms with Crippen LogP contribution in [0.3, 0.4) is 0 Å². The van der Waals surface area contributed by atoms with Crippen LogP contribution in [0.15, 0.2) is 0 Å². The van der Waals surface area contributed by atoms with Gasteiger partial charge in [0.2, 0.25) is 0 Å². The lowest BCUT2D eigenvalue weighted by atomic mass is 10.1. The molecule has 3 heteroatoms. The van der Waals surface area contributed by atoms with Crippen LogP contribution >= 0.6 is 0 Å². The summed E-state index contributed by atoms with van der Waals surface area (Å²) in [4.78, 5) is 2.58. The summed E-state index contributed by atoms with van der Waals surface area (Å²) in [5.41, 5.74) is 0. The Morgan fingerprint density at radius 2 is 2.12 bits per heavy atom. The zero-order chi connectivity index (χ0) is 11.5. The van der Waals surface area contributed by atoms with Crippen LogP contribution in [0.5, 0.6) is 0 Å². The second-order valence-electron chi connectivity index (χ2n) is 5.32. The molecule has 94 valence electrons. The Balaban J connectivity index is 1.84. The predicted molar refractivity (Wildman–Crippen MR) is 66.7 cm³/mol. The van der Waals surface area contributed by atoms with Gasteiger partial charge in [-0.05, 0) is 46.2 Å². The van der Waals surface area contributed by atoms with Crippen molar-refractivity contribution < 1.29 is 4.74 Å². The fourth-order valence-corrected chi connectivity index (χ4v) is 3.33. The van der Waals surface area contributed by atoms with Gasteiger partial charge in [-0.1, -0.05) is 6.92 Å². The van der Waals surface area contributed by atoms with Crippen molar-refractivity contribution in [1.82, 2.24) is 10.2 Å². The number of hydrogen-bond acceptors (Lipinski definition) is 3. The monoisotopic (exact) mass is 226 g/mol. The number of nitrogens with zero attached hydrogens (tertiary/aromatic N) is 1. The molecule has 1 saturated carbocycles. The first kappa shape index (κ1) is 12.3. The largest absolute Gasteiger partial charge is 0.377 e. The number of hydrogen-bond donors (Lipinski definition) is 1. The molecule has 0 amide bonds. The maximum atomic E-state index is 5.66. The van der Waals surface area contributed by atoms with Gasteiger partial charge in [-0.3, -0.25) is 4.90 Å². The Labute approximate surface area is 99.5 Å². The van der Waals surface area contributed by atoms with Gasteiger partial charge in [0.05, 0.1) is 6.10 Å². The normalized spacial score (nSPS) is 39.8. The van der Waals surface area contributed by atoms with Gasteiger partial charge in [0, 0.05) is 24.7 Å². The minimum Gasteiger partial charge on any atom is -0.377 e. The van der Waals surface area contributed by atoms with E-state index in [-0.39, 0.29) is 0 Å². The standard InChI is InChI=1S/C13H26N2O/c1-4-14-11-5-6-12(9-11)15(3)13-7-8-16-10(13)2/h10-14H,4-9H2,1-3H3. The van der Waals surface area contributed by atoms with Crippen molar-refractivity contribution in [2.75, 3.05) is 20.2 Å². The first-order valence-corrected chi connectivity index (χ1v) is 6.79. The summed E-state index contributed by atoms with van der Waals surface area (Å²) >= 11 is 0. The molecule has 0 aromatic carbocycles. The average Bonchev–Trinajstić information content (AvgIpc) is 2.87. The van der Waals surface area contributed by atoms with Crippen LogP contribution in [0.2, 0.25) is 0 Å². The molecule has 2 fully saturated rings. The Morgan fingerprint density at radius 3 is 2.75 bits per heavy atom. The zero-order valence-electron chi connectivity index (χ0n) is 10.9. The molecule has 2 rings (SSSR count). The molecule has 1 aliphatic heterocycles. The third-order valence-corrected chi connectivity index (χ3v) is 4.33. The zero-order valence-corrected chi connectivity index (χ0v) is 10.9. The Hall–Kier alpha value is -0.120. The second-order valence-corrected chi connectivity index (χ2v) is 5.32. The van der Waals surface area contributed by atoms with Gasteiger partial charge in [-0.25, -0.2) is 0 Å². The fourth-order valence-electron chi connectivity index (χ4n) is 3.33. The quantitative estimate of drug-likeness (QED) is 0.788. The van der Waals surface area contributed by atoms with Crippen LogP contribution < -0.4 is 5.32 Å². The molecule has 0 aromatic rings. The maximum Gasteiger partial charge on any atom is 0.0703 e. The van der Waals surface area contributed by atoms with E-state index in [0.29, 0.717) is 12.1 Å². The van der Waals surface area contributed by atoms with Crippen molar-refractivity contribution in [1.29, 1.82) is 0 Å². The molecule has 0 radical (unpaired) electrons. The molecule has 1 N–H and O–H groups in total. The van der Waals surface area contributed by atoms with Crippen LogP contribution in [0.4, 0.5) is 0 Å². The summed E-state index contributed by atoms with van der Waals surface area (Å²) in [5.74, 6) is 0. The minimum absolute atomic E-state index is 0.420. The molecular formula is C13H26N2O. The summed E-state index contributed by atoms with van der Waals surface area (Å²) in [5, 5.41) is 3.57. The van der Waals surface area contributed by atoms with E-state index < -0.39 is 0 Å². The van der Waals surface area contributed by atoms with Crippen molar-refractivity contribution in [3.05, 3.63) is 0 Å². The van der Waals surface area contributed by atoms with E-state index in [1.165, 1.54) is 25.7 Å². The SMILES string of the molecule is CCNC1CCC(N(C)C2CCOC2C)C1. The highest BCUT2D eigenvalue weighted by molar-refractivity contribution is 4.91. The summed E-state index contributed by atoms with van der Waals surface area (Å²) in [7, 11) is 2.29. The Kier molecular flexibility index (Phi) is 4.22. The van der Waals surface area contributed by atoms with Crippen LogP contribution in [-0.2, 0) is 4.74 Å². The maximum absolute atomic E-state index is 5.66. The number of likely N-dealkylation sites (N-methyl/N-ethyl adjacent to an activating group) is 1. The lowest BCUT2D eigenvalue weighted by molar-refractivity contribution is 0.0680. The van der Waals surface area contributed by atoms with Crippen LogP contribution in [-0.4, -0.2) is 49.3 Å². The summed E-state index contributed by atoms with van der Waals surface area (Å²) in [6, 6.07) is 2.15. The van der Waals surface area contributed by atoms with E-state index in [1.807, 2.05) is 0 Å². The van der Waals surface area contributed by atoms with E-state index in [4.69, 9.17) is 4.74 Å². The van der Waals surface area contributed by atoms with Gasteiger partial charge >= 0.3 is 0 Å². The van der Waals surface area contributed by atoms with Crippen molar-refractivity contribution in [2.24, 2.45) is 0 Å². The molecule has 0 aromatic heterocycles. The van der Waals surface area contributed by atoms with E-state index in [0.717, 1.165) is 25.2 Å². The van der Waals surface area contributed by atoms with Crippen molar-refractivity contribution >= 4 is 0 Å². The lowest BCUT2D eigenvalue weighted by Gasteiger charge is -2.32. The number of rotatable bonds is 4.